The van der Waals surface area contributed by atoms with Crippen LogP contribution in [0.5, 0.6) is 5.88 Å². The first-order valence-electron chi connectivity index (χ1n) is 9.16. The Morgan fingerprint density at radius 1 is 1.37 bits per heavy atom. The van der Waals surface area contributed by atoms with Gasteiger partial charge >= 0.3 is 0 Å². The van der Waals surface area contributed by atoms with Crippen molar-refractivity contribution in [2.24, 2.45) is 5.73 Å². The fourth-order valence-electron chi connectivity index (χ4n) is 3.60. The number of pyridine rings is 1. The van der Waals surface area contributed by atoms with E-state index in [-0.39, 0.29) is 22.7 Å². The Bertz CT molecular complexity index is 913. The van der Waals surface area contributed by atoms with Crippen molar-refractivity contribution in [2.45, 2.75) is 37.8 Å². The minimum absolute atomic E-state index is 0.0168. The van der Waals surface area contributed by atoms with Gasteiger partial charge in [-0.15, -0.1) is 0 Å². The number of H-pyrrole nitrogens is 1. The number of rotatable bonds is 4. The summed E-state index contributed by atoms with van der Waals surface area (Å²) >= 11 is 6.10. The lowest BCUT2D eigenvalue weighted by atomic mass is 9.92. The molecule has 1 unspecified atom stereocenters. The van der Waals surface area contributed by atoms with Gasteiger partial charge in [-0.25, -0.2) is 10.1 Å². The smallest absolute Gasteiger partial charge is 0.285 e. The summed E-state index contributed by atoms with van der Waals surface area (Å²) in [6, 6.07) is 4.27. The van der Waals surface area contributed by atoms with Gasteiger partial charge in [-0.3, -0.25) is 4.79 Å². The molecule has 7 nitrogen and oxygen atoms in total. The molecule has 1 saturated heterocycles. The minimum atomic E-state index is -0.381. The third-order valence-electron chi connectivity index (χ3n) is 5.11. The van der Waals surface area contributed by atoms with Crippen LogP contribution in [0.15, 0.2) is 35.4 Å². The molecule has 4 rings (SSSR count). The number of nitrogens with zero attached hydrogens (tertiary/aromatic N) is 3. The zero-order chi connectivity index (χ0) is 18.8. The molecule has 0 radical (unpaired) electrons. The lowest BCUT2D eigenvalue weighted by Crippen LogP contribution is -2.26. The van der Waals surface area contributed by atoms with Crippen LogP contribution in [0.4, 0.5) is 5.69 Å². The molecule has 0 spiro atoms. The van der Waals surface area contributed by atoms with E-state index < -0.39 is 0 Å². The number of allylic oxidation sites excluding steroid dienone is 1. The molecular weight excluding hydrogens is 366 g/mol. The molecular formula is C19H22ClN5O2. The quantitative estimate of drug-likeness (QED) is 0.835. The highest BCUT2D eigenvalue weighted by Gasteiger charge is 2.27. The normalized spacial score (nSPS) is 22.6. The van der Waals surface area contributed by atoms with E-state index >= 15 is 0 Å². The zero-order valence-corrected chi connectivity index (χ0v) is 15.7. The monoisotopic (exact) mass is 387 g/mol. The summed E-state index contributed by atoms with van der Waals surface area (Å²) in [5, 5.41) is 6.33. The van der Waals surface area contributed by atoms with Crippen molar-refractivity contribution < 1.29 is 4.74 Å². The van der Waals surface area contributed by atoms with E-state index in [1.54, 1.807) is 12.4 Å². The Balaban J connectivity index is 1.44. The molecule has 1 aliphatic carbocycles. The van der Waals surface area contributed by atoms with Crippen LogP contribution < -0.4 is 20.9 Å². The van der Waals surface area contributed by atoms with Crippen LogP contribution >= 0.6 is 11.6 Å². The first kappa shape index (κ1) is 18.0. The number of nitrogens with one attached hydrogen (secondary N) is 1. The Hall–Kier alpha value is -2.38. The summed E-state index contributed by atoms with van der Waals surface area (Å²) in [6.45, 7) is 1.38. The number of halogens is 1. The Morgan fingerprint density at radius 3 is 3.07 bits per heavy atom. The first-order valence-corrected chi connectivity index (χ1v) is 9.54. The summed E-state index contributed by atoms with van der Waals surface area (Å²) < 4.78 is 6.10. The molecule has 2 aromatic rings. The van der Waals surface area contributed by atoms with Gasteiger partial charge < -0.3 is 15.4 Å². The van der Waals surface area contributed by atoms with Gasteiger partial charge in [0.2, 0.25) is 5.88 Å². The second-order valence-corrected chi connectivity index (χ2v) is 7.40. The van der Waals surface area contributed by atoms with Gasteiger partial charge in [-0.2, -0.15) is 5.10 Å². The summed E-state index contributed by atoms with van der Waals surface area (Å²) in [6.07, 6.45) is 9.28. The predicted molar refractivity (Wildman–Crippen MR) is 105 cm³/mol. The second kappa shape index (κ2) is 7.70. The fourth-order valence-corrected chi connectivity index (χ4v) is 3.81. The Labute approximate surface area is 162 Å². The van der Waals surface area contributed by atoms with Crippen LogP contribution in [-0.4, -0.2) is 40.4 Å². The third-order valence-corrected chi connectivity index (χ3v) is 5.47. The van der Waals surface area contributed by atoms with Gasteiger partial charge in [0, 0.05) is 31.3 Å². The summed E-state index contributed by atoms with van der Waals surface area (Å²) in [5.41, 5.74) is 8.67. The molecule has 0 amide bonds. The maximum atomic E-state index is 11.6. The molecule has 142 valence electrons. The van der Waals surface area contributed by atoms with E-state index in [0.717, 1.165) is 37.8 Å². The van der Waals surface area contributed by atoms with Crippen LogP contribution in [0, 0.1) is 0 Å². The molecule has 1 fully saturated rings. The molecule has 27 heavy (non-hydrogen) atoms. The van der Waals surface area contributed by atoms with E-state index in [2.05, 4.69) is 21.3 Å². The lowest BCUT2D eigenvalue weighted by Gasteiger charge is -2.20. The highest BCUT2D eigenvalue weighted by molar-refractivity contribution is 6.33. The largest absolute Gasteiger partial charge is 0.472 e. The predicted octanol–water partition coefficient (Wildman–Crippen LogP) is 2.37. The number of nitrogens with two attached hydrogens (primary N) is 1. The lowest BCUT2D eigenvalue weighted by molar-refractivity contribution is 0.216. The van der Waals surface area contributed by atoms with E-state index in [1.165, 1.54) is 5.57 Å². The van der Waals surface area contributed by atoms with Crippen molar-refractivity contribution >= 4 is 22.9 Å². The number of ether oxygens (including phenoxy) is 1. The summed E-state index contributed by atoms with van der Waals surface area (Å²) in [7, 11) is 0. The van der Waals surface area contributed by atoms with Gasteiger partial charge in [0.1, 0.15) is 11.1 Å². The van der Waals surface area contributed by atoms with Gasteiger partial charge in [0.05, 0.1) is 18.4 Å². The minimum Gasteiger partial charge on any atom is -0.472 e. The number of anilines is 1. The van der Waals surface area contributed by atoms with Crippen molar-refractivity contribution in [2.75, 3.05) is 18.0 Å². The van der Waals surface area contributed by atoms with Crippen LogP contribution in [0.1, 0.15) is 31.2 Å². The number of hydrogen-bond acceptors (Lipinski definition) is 6. The number of aromatic nitrogens is 3. The van der Waals surface area contributed by atoms with Crippen molar-refractivity contribution in [3.8, 4) is 5.88 Å². The van der Waals surface area contributed by atoms with Crippen LogP contribution in [0.25, 0.3) is 5.57 Å². The fraction of sp³-hybridized carbons (Fsp3) is 0.421. The van der Waals surface area contributed by atoms with Crippen molar-refractivity contribution in [1.29, 1.82) is 0 Å². The van der Waals surface area contributed by atoms with Crippen molar-refractivity contribution in [1.82, 2.24) is 15.2 Å². The van der Waals surface area contributed by atoms with Gasteiger partial charge in [-0.05, 0) is 36.5 Å². The highest BCUT2D eigenvalue weighted by Crippen LogP contribution is 2.29. The third kappa shape index (κ3) is 3.99. The van der Waals surface area contributed by atoms with E-state index in [9.17, 15) is 4.79 Å². The van der Waals surface area contributed by atoms with Crippen LogP contribution in [0.3, 0.4) is 0 Å². The molecule has 2 atom stereocenters. The number of aromatic amines is 1. The molecule has 0 bridgehead atoms. The molecule has 2 aromatic heterocycles. The SMILES string of the molecule is NC1CC=C(c2ccnc(O[C@@H]3CCN(c4cn[nH]c(=O)c4Cl)C3)c2)CC1. The average molecular weight is 388 g/mol. The van der Waals surface area contributed by atoms with Crippen molar-refractivity contribution in [3.05, 3.63) is 51.5 Å². The standard InChI is InChI=1S/C19H22ClN5O2/c20-18-16(10-23-24-19(18)26)25-8-6-15(11-25)27-17-9-13(5-7-22-17)12-1-3-14(21)4-2-12/h1,5,7,9-10,14-15H,2-4,6,8,11,21H2,(H,24,26)/t14?,15-/m1/s1. The average Bonchev–Trinajstić information content (AvgIpc) is 3.13. The summed E-state index contributed by atoms with van der Waals surface area (Å²) in [4.78, 5) is 18.0. The van der Waals surface area contributed by atoms with Gasteiger partial charge in [-0.1, -0.05) is 17.7 Å². The summed E-state index contributed by atoms with van der Waals surface area (Å²) in [5.74, 6) is 0.616. The Kier molecular flexibility index (Phi) is 5.13. The second-order valence-electron chi connectivity index (χ2n) is 7.02. The van der Waals surface area contributed by atoms with E-state index in [4.69, 9.17) is 22.1 Å². The maximum absolute atomic E-state index is 11.6. The maximum Gasteiger partial charge on any atom is 0.285 e. The molecule has 8 heteroatoms. The molecule has 0 aromatic carbocycles. The highest BCUT2D eigenvalue weighted by atomic mass is 35.5. The van der Waals surface area contributed by atoms with E-state index in [0.29, 0.717) is 18.1 Å². The topological polar surface area (TPSA) is 97.1 Å². The molecule has 0 saturated carbocycles. The van der Waals surface area contributed by atoms with Crippen LogP contribution in [0.2, 0.25) is 5.02 Å². The molecule has 3 N–H and O–H groups in total. The van der Waals surface area contributed by atoms with Gasteiger partial charge in [0.25, 0.3) is 5.56 Å². The zero-order valence-electron chi connectivity index (χ0n) is 14.9. The molecule has 3 heterocycles. The number of hydrogen-bond donors (Lipinski definition) is 2. The van der Waals surface area contributed by atoms with Crippen LogP contribution in [-0.2, 0) is 0 Å². The van der Waals surface area contributed by atoms with E-state index in [1.807, 2.05) is 17.0 Å². The Morgan fingerprint density at radius 2 is 2.26 bits per heavy atom. The van der Waals surface area contributed by atoms with Gasteiger partial charge in [0.15, 0.2) is 0 Å². The molecule has 2 aliphatic rings. The molecule has 1 aliphatic heterocycles. The first-order chi connectivity index (χ1) is 13.1. The van der Waals surface area contributed by atoms with Crippen molar-refractivity contribution in [3.63, 3.8) is 0 Å².